The number of hydrogen-bond acceptors (Lipinski definition) is 2. The third-order valence-corrected chi connectivity index (χ3v) is 3.89. The number of anilines is 1. The largest absolute Gasteiger partial charge is 0.371 e. The van der Waals surface area contributed by atoms with Crippen LogP contribution in [0.25, 0.3) is 0 Å². The Bertz CT molecular complexity index is 358. The van der Waals surface area contributed by atoms with Crippen molar-refractivity contribution in [1.82, 2.24) is 5.32 Å². The van der Waals surface area contributed by atoms with Crippen LogP contribution in [0.3, 0.4) is 0 Å². The highest BCUT2D eigenvalue weighted by molar-refractivity contribution is 5.47. The third-order valence-electron chi connectivity index (χ3n) is 3.89. The summed E-state index contributed by atoms with van der Waals surface area (Å²) in [5.74, 6) is 0.707. The maximum Gasteiger partial charge on any atom is 0.0366 e. The van der Waals surface area contributed by atoms with Crippen molar-refractivity contribution < 1.29 is 0 Å². The standard InChI is InChI=1S/C16H26N2/c1-4-15-5-7-16(8-6-15)18-10-9-14(3)17-11-13(2)12-18/h5-8,13-14,17H,4,9-12H2,1-3H3. The molecule has 1 aromatic carbocycles. The fourth-order valence-corrected chi connectivity index (χ4v) is 2.56. The molecular formula is C16H26N2. The molecule has 1 aliphatic heterocycles. The lowest BCUT2D eigenvalue weighted by Gasteiger charge is -2.33. The van der Waals surface area contributed by atoms with Gasteiger partial charge < -0.3 is 10.2 Å². The maximum atomic E-state index is 3.60. The molecule has 0 aliphatic carbocycles. The fraction of sp³-hybridized carbons (Fsp3) is 0.625. The van der Waals surface area contributed by atoms with Gasteiger partial charge in [-0.3, -0.25) is 0 Å². The lowest BCUT2D eigenvalue weighted by molar-refractivity contribution is 0.411. The normalized spacial score (nSPS) is 25.6. The number of nitrogens with one attached hydrogen (secondary N) is 1. The van der Waals surface area contributed by atoms with E-state index in [9.17, 15) is 0 Å². The molecule has 100 valence electrons. The van der Waals surface area contributed by atoms with Crippen molar-refractivity contribution in [2.45, 2.75) is 39.7 Å². The molecule has 2 heteroatoms. The molecule has 0 aromatic heterocycles. The van der Waals surface area contributed by atoms with E-state index in [-0.39, 0.29) is 0 Å². The van der Waals surface area contributed by atoms with Crippen LogP contribution < -0.4 is 10.2 Å². The Morgan fingerprint density at radius 3 is 2.61 bits per heavy atom. The first-order chi connectivity index (χ1) is 8.69. The first kappa shape index (κ1) is 13.4. The molecule has 2 nitrogen and oxygen atoms in total. The van der Waals surface area contributed by atoms with Crippen LogP contribution in [0, 0.1) is 5.92 Å². The van der Waals surface area contributed by atoms with Gasteiger partial charge in [-0.15, -0.1) is 0 Å². The number of nitrogens with zero attached hydrogens (tertiary/aromatic N) is 1. The van der Waals surface area contributed by atoms with Gasteiger partial charge in [-0.1, -0.05) is 26.0 Å². The minimum atomic E-state index is 0.630. The Labute approximate surface area is 111 Å². The first-order valence-corrected chi connectivity index (χ1v) is 7.26. The molecule has 0 saturated carbocycles. The molecule has 1 N–H and O–H groups in total. The minimum Gasteiger partial charge on any atom is -0.371 e. The zero-order chi connectivity index (χ0) is 13.0. The van der Waals surface area contributed by atoms with Gasteiger partial charge in [-0.2, -0.15) is 0 Å². The van der Waals surface area contributed by atoms with Gasteiger partial charge in [-0.05, 0) is 49.9 Å². The molecule has 18 heavy (non-hydrogen) atoms. The maximum absolute atomic E-state index is 3.60. The summed E-state index contributed by atoms with van der Waals surface area (Å²) in [4.78, 5) is 2.54. The SMILES string of the molecule is CCc1ccc(N2CCC(C)NCC(C)C2)cc1. The molecule has 0 bridgehead atoms. The van der Waals surface area contributed by atoms with E-state index in [2.05, 4.69) is 55.3 Å². The number of rotatable bonds is 2. The summed E-state index contributed by atoms with van der Waals surface area (Å²) in [7, 11) is 0. The Balaban J connectivity index is 2.08. The van der Waals surface area contributed by atoms with E-state index >= 15 is 0 Å². The minimum absolute atomic E-state index is 0.630. The Kier molecular flexibility index (Phi) is 4.65. The van der Waals surface area contributed by atoms with E-state index in [1.807, 2.05) is 0 Å². The molecule has 1 heterocycles. The summed E-state index contributed by atoms with van der Waals surface area (Å²) >= 11 is 0. The molecule has 2 atom stereocenters. The topological polar surface area (TPSA) is 15.3 Å². The summed E-state index contributed by atoms with van der Waals surface area (Å²) in [6, 6.07) is 9.72. The fourth-order valence-electron chi connectivity index (χ4n) is 2.56. The molecule has 1 aliphatic rings. The van der Waals surface area contributed by atoms with Gasteiger partial charge in [0.05, 0.1) is 0 Å². The summed E-state index contributed by atoms with van der Waals surface area (Å²) in [6.07, 6.45) is 2.35. The molecule has 1 saturated heterocycles. The van der Waals surface area contributed by atoms with Gasteiger partial charge in [0.1, 0.15) is 0 Å². The molecule has 2 unspecified atom stereocenters. The summed E-state index contributed by atoms with van der Waals surface area (Å²) in [5, 5.41) is 3.60. The van der Waals surface area contributed by atoms with E-state index in [0.717, 1.165) is 26.1 Å². The molecule has 1 fully saturated rings. The first-order valence-electron chi connectivity index (χ1n) is 7.26. The number of hydrogen-bond donors (Lipinski definition) is 1. The lowest BCUT2D eigenvalue weighted by Crippen LogP contribution is -2.42. The van der Waals surface area contributed by atoms with Gasteiger partial charge in [-0.25, -0.2) is 0 Å². The molecule has 0 radical (unpaired) electrons. The van der Waals surface area contributed by atoms with Crippen LogP contribution in [-0.4, -0.2) is 25.7 Å². The van der Waals surface area contributed by atoms with Crippen molar-refractivity contribution in [2.75, 3.05) is 24.5 Å². The molecule has 1 aromatic rings. The highest BCUT2D eigenvalue weighted by Gasteiger charge is 2.16. The van der Waals surface area contributed by atoms with Gasteiger partial charge in [0, 0.05) is 24.8 Å². The van der Waals surface area contributed by atoms with E-state index in [4.69, 9.17) is 0 Å². The smallest absolute Gasteiger partial charge is 0.0366 e. The average Bonchev–Trinajstić information content (AvgIpc) is 2.39. The zero-order valence-electron chi connectivity index (χ0n) is 11.9. The van der Waals surface area contributed by atoms with Crippen molar-refractivity contribution in [3.8, 4) is 0 Å². The number of benzene rings is 1. The third kappa shape index (κ3) is 3.49. The monoisotopic (exact) mass is 246 g/mol. The van der Waals surface area contributed by atoms with Crippen LogP contribution >= 0.6 is 0 Å². The molecule has 0 amide bonds. The molecule has 0 spiro atoms. The Hall–Kier alpha value is -1.02. The highest BCUT2D eigenvalue weighted by Crippen LogP contribution is 2.19. The summed E-state index contributed by atoms with van der Waals surface area (Å²) in [5.41, 5.74) is 2.81. The van der Waals surface area contributed by atoms with Crippen LogP contribution in [0.5, 0.6) is 0 Å². The lowest BCUT2D eigenvalue weighted by atomic mass is 10.1. The summed E-state index contributed by atoms with van der Waals surface area (Å²) in [6.45, 7) is 10.3. The average molecular weight is 246 g/mol. The van der Waals surface area contributed by atoms with Gasteiger partial charge in [0.15, 0.2) is 0 Å². The van der Waals surface area contributed by atoms with E-state index in [1.54, 1.807) is 0 Å². The predicted octanol–water partition coefficient (Wildman–Crippen LogP) is 3.07. The second-order valence-corrected chi connectivity index (χ2v) is 5.67. The van der Waals surface area contributed by atoms with Crippen LogP contribution in [0.2, 0.25) is 0 Å². The highest BCUT2D eigenvalue weighted by atomic mass is 15.1. The zero-order valence-corrected chi connectivity index (χ0v) is 11.9. The second kappa shape index (κ2) is 6.24. The van der Waals surface area contributed by atoms with Crippen molar-refractivity contribution in [1.29, 1.82) is 0 Å². The van der Waals surface area contributed by atoms with Crippen LogP contribution in [0.4, 0.5) is 5.69 Å². The van der Waals surface area contributed by atoms with Crippen LogP contribution in [0.15, 0.2) is 24.3 Å². The molecule has 2 rings (SSSR count). The van der Waals surface area contributed by atoms with E-state index in [0.29, 0.717) is 12.0 Å². The number of aryl methyl sites for hydroxylation is 1. The van der Waals surface area contributed by atoms with E-state index < -0.39 is 0 Å². The van der Waals surface area contributed by atoms with Gasteiger partial charge in [0.25, 0.3) is 0 Å². The second-order valence-electron chi connectivity index (χ2n) is 5.67. The van der Waals surface area contributed by atoms with Crippen molar-refractivity contribution in [3.63, 3.8) is 0 Å². The van der Waals surface area contributed by atoms with Crippen LogP contribution in [-0.2, 0) is 6.42 Å². The van der Waals surface area contributed by atoms with Crippen molar-refractivity contribution in [2.24, 2.45) is 5.92 Å². The van der Waals surface area contributed by atoms with Gasteiger partial charge in [0.2, 0.25) is 0 Å². The van der Waals surface area contributed by atoms with Gasteiger partial charge >= 0.3 is 0 Å². The van der Waals surface area contributed by atoms with Crippen molar-refractivity contribution >= 4 is 5.69 Å². The van der Waals surface area contributed by atoms with Crippen LogP contribution in [0.1, 0.15) is 32.8 Å². The summed E-state index contributed by atoms with van der Waals surface area (Å²) < 4.78 is 0. The predicted molar refractivity (Wildman–Crippen MR) is 79.3 cm³/mol. The molecular weight excluding hydrogens is 220 g/mol. The Morgan fingerprint density at radius 1 is 1.22 bits per heavy atom. The van der Waals surface area contributed by atoms with Crippen molar-refractivity contribution in [3.05, 3.63) is 29.8 Å². The van der Waals surface area contributed by atoms with E-state index in [1.165, 1.54) is 17.7 Å². The quantitative estimate of drug-likeness (QED) is 0.862. The Morgan fingerprint density at radius 2 is 1.94 bits per heavy atom.